The number of rotatable bonds is 7. The van der Waals surface area contributed by atoms with E-state index in [1.54, 1.807) is 7.05 Å². The van der Waals surface area contributed by atoms with Crippen molar-refractivity contribution in [2.24, 2.45) is 7.05 Å². The molecule has 1 amide bonds. The average molecular weight is 429 g/mol. The number of amides is 1. The van der Waals surface area contributed by atoms with Crippen LogP contribution in [0, 0.1) is 13.8 Å². The van der Waals surface area contributed by atoms with Crippen molar-refractivity contribution in [1.29, 1.82) is 0 Å². The number of carbonyl (C=O) groups excluding carboxylic acids is 1. The number of nitrogens with one attached hydrogen (secondary N) is 2. The highest BCUT2D eigenvalue weighted by Crippen LogP contribution is 2.19. The van der Waals surface area contributed by atoms with E-state index in [4.69, 9.17) is 0 Å². The van der Waals surface area contributed by atoms with Gasteiger partial charge in [-0.3, -0.25) is 4.79 Å². The van der Waals surface area contributed by atoms with Crippen LogP contribution in [0.3, 0.4) is 0 Å². The van der Waals surface area contributed by atoms with Gasteiger partial charge in [-0.15, -0.1) is 10.2 Å². The molecule has 0 saturated heterocycles. The number of nitrogens with zero attached hydrogens (tertiary/aromatic N) is 6. The number of hydrogen-bond acceptors (Lipinski definition) is 7. The minimum Gasteiger partial charge on any atom is -0.342 e. The van der Waals surface area contributed by atoms with Gasteiger partial charge in [0.1, 0.15) is 6.04 Å². The fourth-order valence-corrected chi connectivity index (χ4v) is 3.37. The van der Waals surface area contributed by atoms with Gasteiger partial charge in [0, 0.05) is 29.1 Å². The second kappa shape index (κ2) is 9.34. The molecule has 2 heterocycles. The predicted octanol–water partition coefficient (Wildman–Crippen LogP) is 2.95. The van der Waals surface area contributed by atoms with E-state index in [9.17, 15) is 4.79 Å². The second-order valence-electron chi connectivity index (χ2n) is 7.53. The third kappa shape index (κ3) is 5.31. The zero-order chi connectivity index (χ0) is 22.5. The van der Waals surface area contributed by atoms with Gasteiger partial charge in [-0.2, -0.15) is 4.80 Å². The summed E-state index contributed by atoms with van der Waals surface area (Å²) in [4.78, 5) is 23.5. The van der Waals surface area contributed by atoms with Gasteiger partial charge < -0.3 is 10.6 Å². The highest BCUT2D eigenvalue weighted by molar-refractivity contribution is 5.97. The van der Waals surface area contributed by atoms with Gasteiger partial charge in [-0.1, -0.05) is 42.5 Å². The third-order valence-electron chi connectivity index (χ3n) is 4.78. The molecule has 9 nitrogen and oxygen atoms in total. The summed E-state index contributed by atoms with van der Waals surface area (Å²) >= 11 is 0. The lowest BCUT2D eigenvalue weighted by atomic mass is 10.1. The largest absolute Gasteiger partial charge is 0.342 e. The van der Waals surface area contributed by atoms with Crippen LogP contribution in [0.2, 0.25) is 0 Å². The molecule has 2 aromatic heterocycles. The molecule has 0 aliphatic carbocycles. The standard InChI is InChI=1S/C23H24N8O/c1-15-12-16(2)25-23(24-15)27-20(13-17-8-5-4-6-9-17)22(32)26-19-11-7-10-18(14-19)21-28-30-31(3)29-21/h4-12,14,20H,13H2,1-3H3,(H,26,32)(H,24,25,27)/t20-/m0/s1. The molecule has 162 valence electrons. The van der Waals surface area contributed by atoms with Gasteiger partial charge in [0.05, 0.1) is 7.05 Å². The van der Waals surface area contributed by atoms with Gasteiger partial charge in [0.15, 0.2) is 0 Å². The highest BCUT2D eigenvalue weighted by Gasteiger charge is 2.21. The van der Waals surface area contributed by atoms with Gasteiger partial charge >= 0.3 is 0 Å². The van der Waals surface area contributed by atoms with Gasteiger partial charge in [-0.25, -0.2) is 9.97 Å². The maximum absolute atomic E-state index is 13.3. The molecule has 0 radical (unpaired) electrons. The number of tetrazole rings is 1. The first-order chi connectivity index (χ1) is 15.5. The Labute approximate surface area is 185 Å². The fourth-order valence-electron chi connectivity index (χ4n) is 3.37. The maximum atomic E-state index is 13.3. The summed E-state index contributed by atoms with van der Waals surface area (Å²) in [7, 11) is 1.71. The molecule has 0 saturated carbocycles. The van der Waals surface area contributed by atoms with Gasteiger partial charge in [0.2, 0.25) is 17.7 Å². The summed E-state index contributed by atoms with van der Waals surface area (Å²) in [6.07, 6.45) is 0.481. The highest BCUT2D eigenvalue weighted by atomic mass is 16.2. The lowest BCUT2D eigenvalue weighted by Gasteiger charge is -2.19. The van der Waals surface area contributed by atoms with Crippen LogP contribution in [-0.4, -0.2) is 42.1 Å². The number of aromatic nitrogens is 6. The van der Waals surface area contributed by atoms with E-state index < -0.39 is 6.04 Å². The van der Waals surface area contributed by atoms with Crippen LogP contribution in [0.4, 0.5) is 11.6 Å². The molecule has 2 aromatic carbocycles. The van der Waals surface area contributed by atoms with Crippen molar-refractivity contribution in [3.63, 3.8) is 0 Å². The molecule has 1 atom stereocenters. The molecule has 2 N–H and O–H groups in total. The van der Waals surface area contributed by atoms with Crippen molar-refractivity contribution in [1.82, 2.24) is 30.2 Å². The van der Waals surface area contributed by atoms with Gasteiger partial charge in [0.25, 0.3) is 0 Å². The third-order valence-corrected chi connectivity index (χ3v) is 4.78. The molecule has 4 aromatic rings. The Morgan fingerprint density at radius 3 is 2.44 bits per heavy atom. The van der Waals surface area contributed by atoms with E-state index >= 15 is 0 Å². The Kier molecular flexibility index (Phi) is 6.16. The summed E-state index contributed by atoms with van der Waals surface area (Å²) in [6.45, 7) is 3.80. The SMILES string of the molecule is Cc1cc(C)nc(N[C@@H](Cc2ccccc2)C(=O)Nc2cccc(-c3nnn(C)n3)c2)n1. The van der Waals surface area contributed by atoms with Crippen molar-refractivity contribution in [3.05, 3.63) is 77.6 Å². The van der Waals surface area contributed by atoms with E-state index in [0.29, 0.717) is 23.9 Å². The van der Waals surface area contributed by atoms with Crippen molar-refractivity contribution >= 4 is 17.5 Å². The van der Waals surface area contributed by atoms with Crippen molar-refractivity contribution in [3.8, 4) is 11.4 Å². The average Bonchev–Trinajstić information content (AvgIpc) is 3.20. The Balaban J connectivity index is 1.57. The number of hydrogen-bond donors (Lipinski definition) is 2. The van der Waals surface area contributed by atoms with Crippen molar-refractivity contribution in [2.45, 2.75) is 26.3 Å². The molecule has 0 aliphatic rings. The smallest absolute Gasteiger partial charge is 0.247 e. The minimum absolute atomic E-state index is 0.194. The van der Waals surface area contributed by atoms with Crippen LogP contribution in [-0.2, 0) is 18.3 Å². The summed E-state index contributed by atoms with van der Waals surface area (Å²) in [6, 6.07) is 18.5. The summed E-state index contributed by atoms with van der Waals surface area (Å²) < 4.78 is 0. The van der Waals surface area contributed by atoms with Gasteiger partial charge in [-0.05, 0) is 42.8 Å². The van der Waals surface area contributed by atoms with Crippen LogP contribution in [0.15, 0.2) is 60.7 Å². The molecule has 4 rings (SSSR count). The number of benzene rings is 2. The predicted molar refractivity (Wildman–Crippen MR) is 122 cm³/mol. The first-order valence-electron chi connectivity index (χ1n) is 10.2. The Bertz CT molecular complexity index is 1200. The molecule has 0 aliphatic heterocycles. The molecule has 0 unspecified atom stereocenters. The Morgan fingerprint density at radius 1 is 1.00 bits per heavy atom. The van der Waals surface area contributed by atoms with E-state index in [-0.39, 0.29) is 5.91 Å². The zero-order valence-electron chi connectivity index (χ0n) is 18.1. The van der Waals surface area contributed by atoms with Crippen molar-refractivity contribution in [2.75, 3.05) is 10.6 Å². The first-order valence-corrected chi connectivity index (χ1v) is 10.2. The van der Waals surface area contributed by atoms with E-state index in [1.807, 2.05) is 74.5 Å². The molecule has 32 heavy (non-hydrogen) atoms. The lowest BCUT2D eigenvalue weighted by Crippen LogP contribution is -2.37. The Morgan fingerprint density at radius 2 is 1.75 bits per heavy atom. The monoisotopic (exact) mass is 428 g/mol. The maximum Gasteiger partial charge on any atom is 0.247 e. The number of aryl methyl sites for hydroxylation is 3. The van der Waals surface area contributed by atoms with Crippen LogP contribution >= 0.6 is 0 Å². The van der Waals surface area contributed by atoms with Crippen LogP contribution < -0.4 is 10.6 Å². The number of anilines is 2. The van der Waals surface area contributed by atoms with E-state index in [0.717, 1.165) is 22.5 Å². The minimum atomic E-state index is -0.572. The molecule has 0 fully saturated rings. The summed E-state index contributed by atoms with van der Waals surface area (Å²) in [5, 5.41) is 18.3. The molecule has 0 bridgehead atoms. The van der Waals surface area contributed by atoms with Crippen LogP contribution in [0.5, 0.6) is 0 Å². The Hall–Kier alpha value is -4.14. The normalized spacial score (nSPS) is 11.7. The van der Waals surface area contributed by atoms with Crippen LogP contribution in [0.1, 0.15) is 17.0 Å². The zero-order valence-corrected chi connectivity index (χ0v) is 18.1. The van der Waals surface area contributed by atoms with E-state index in [1.165, 1.54) is 4.80 Å². The lowest BCUT2D eigenvalue weighted by molar-refractivity contribution is -0.116. The topological polar surface area (TPSA) is 111 Å². The second-order valence-corrected chi connectivity index (χ2v) is 7.53. The first kappa shape index (κ1) is 21.1. The van der Waals surface area contributed by atoms with Crippen molar-refractivity contribution < 1.29 is 4.79 Å². The quantitative estimate of drug-likeness (QED) is 0.466. The number of carbonyl (C=O) groups is 1. The van der Waals surface area contributed by atoms with Crippen LogP contribution in [0.25, 0.3) is 11.4 Å². The molecular weight excluding hydrogens is 404 g/mol. The molecular formula is C23H24N8O. The fraction of sp³-hybridized carbons (Fsp3) is 0.217. The summed E-state index contributed by atoms with van der Waals surface area (Å²) in [5.41, 5.74) is 4.11. The molecule has 0 spiro atoms. The van der Waals surface area contributed by atoms with E-state index in [2.05, 4.69) is 36.0 Å². The molecule has 9 heteroatoms. The summed E-state index contributed by atoms with van der Waals surface area (Å²) in [5.74, 6) is 0.725.